The molecule has 1 aliphatic rings. The van der Waals surface area contributed by atoms with Crippen LogP contribution in [0.2, 0.25) is 0 Å². The summed E-state index contributed by atoms with van der Waals surface area (Å²) in [5.41, 5.74) is 0.955. The lowest BCUT2D eigenvalue weighted by Crippen LogP contribution is -2.21. The minimum Gasteiger partial charge on any atom is -0.348 e. The summed E-state index contributed by atoms with van der Waals surface area (Å²) in [6.07, 6.45) is 1.95. The van der Waals surface area contributed by atoms with Crippen LogP contribution in [0, 0.1) is 0 Å². The van der Waals surface area contributed by atoms with E-state index >= 15 is 0 Å². The number of halogens is 1. The predicted molar refractivity (Wildman–Crippen MR) is 56.8 cm³/mol. The van der Waals surface area contributed by atoms with E-state index in [0.29, 0.717) is 0 Å². The smallest absolute Gasteiger partial charge is 0.137 e. The molecular formula is C7H9IN4. The maximum absolute atomic E-state index is 4.35. The van der Waals surface area contributed by atoms with Gasteiger partial charge < -0.3 is 9.88 Å². The third-order valence-electron chi connectivity index (χ3n) is 1.79. The van der Waals surface area contributed by atoms with Crippen molar-refractivity contribution in [3.8, 4) is 0 Å². The quantitative estimate of drug-likeness (QED) is 0.727. The number of hydrogen-bond acceptors (Lipinski definition) is 3. The molecule has 0 aromatic carbocycles. The Balaban J connectivity index is 2.55. The molecule has 1 aliphatic heterocycles. The number of fused-ring (bicyclic) bond motifs is 1. The SMILES string of the molecule is CC1N=C(I)c2ncn(C)c2N1. The third kappa shape index (κ3) is 1.12. The van der Waals surface area contributed by atoms with Crippen molar-refractivity contribution in [1.29, 1.82) is 0 Å². The minimum atomic E-state index is 0.153. The predicted octanol–water partition coefficient (Wildman–Crippen LogP) is 1.37. The number of imidazole rings is 1. The normalized spacial score (nSPS) is 21.2. The van der Waals surface area contributed by atoms with Crippen LogP contribution in [0.4, 0.5) is 5.82 Å². The number of aliphatic imine (C=N–C) groups is 1. The van der Waals surface area contributed by atoms with Crippen LogP contribution in [-0.2, 0) is 7.05 Å². The first-order chi connectivity index (χ1) is 5.68. The Morgan fingerprint density at radius 2 is 2.42 bits per heavy atom. The van der Waals surface area contributed by atoms with E-state index in [2.05, 4.69) is 37.9 Å². The van der Waals surface area contributed by atoms with Gasteiger partial charge in [-0.05, 0) is 29.5 Å². The van der Waals surface area contributed by atoms with Crippen molar-refractivity contribution in [2.75, 3.05) is 5.32 Å². The summed E-state index contributed by atoms with van der Waals surface area (Å²) in [4.78, 5) is 8.59. The molecule has 1 unspecified atom stereocenters. The highest BCUT2D eigenvalue weighted by Crippen LogP contribution is 2.22. The van der Waals surface area contributed by atoms with Gasteiger partial charge in [-0.25, -0.2) is 4.98 Å². The molecule has 5 heteroatoms. The molecule has 0 amide bonds. The summed E-state index contributed by atoms with van der Waals surface area (Å²) in [5.74, 6) is 1.06. The standard InChI is InChI=1S/C7H9IN4/c1-4-10-6(8)5-7(11-4)12(2)3-9-5/h3-4,11H,1-2H3. The molecule has 0 aliphatic carbocycles. The van der Waals surface area contributed by atoms with Crippen LogP contribution >= 0.6 is 22.6 Å². The molecule has 0 bridgehead atoms. The van der Waals surface area contributed by atoms with E-state index in [4.69, 9.17) is 0 Å². The lowest BCUT2D eigenvalue weighted by molar-refractivity contribution is 0.810. The zero-order valence-electron chi connectivity index (χ0n) is 6.87. The van der Waals surface area contributed by atoms with Crippen molar-refractivity contribution < 1.29 is 0 Å². The Kier molecular flexibility index (Phi) is 1.82. The number of nitrogens with zero attached hydrogens (tertiary/aromatic N) is 3. The average molecular weight is 276 g/mol. The number of aromatic nitrogens is 2. The van der Waals surface area contributed by atoms with E-state index in [-0.39, 0.29) is 6.17 Å². The van der Waals surface area contributed by atoms with Crippen molar-refractivity contribution in [2.45, 2.75) is 13.1 Å². The Bertz CT molecular complexity index is 341. The number of rotatable bonds is 0. The van der Waals surface area contributed by atoms with E-state index in [9.17, 15) is 0 Å². The van der Waals surface area contributed by atoms with Crippen LogP contribution in [0.1, 0.15) is 12.6 Å². The number of aryl methyl sites for hydroxylation is 1. The van der Waals surface area contributed by atoms with Crippen LogP contribution in [0.25, 0.3) is 0 Å². The zero-order chi connectivity index (χ0) is 8.72. The molecule has 0 spiro atoms. The number of nitrogens with one attached hydrogen (secondary N) is 1. The minimum absolute atomic E-state index is 0.153. The lowest BCUT2D eigenvalue weighted by Gasteiger charge is -2.17. The highest BCUT2D eigenvalue weighted by atomic mass is 127. The maximum atomic E-state index is 4.35. The zero-order valence-corrected chi connectivity index (χ0v) is 9.03. The van der Waals surface area contributed by atoms with Crippen molar-refractivity contribution in [1.82, 2.24) is 9.55 Å². The first-order valence-electron chi connectivity index (χ1n) is 3.70. The number of anilines is 1. The van der Waals surface area contributed by atoms with Gasteiger partial charge in [-0.3, -0.25) is 4.99 Å². The summed E-state index contributed by atoms with van der Waals surface area (Å²) in [7, 11) is 1.97. The van der Waals surface area contributed by atoms with Crippen molar-refractivity contribution in [2.24, 2.45) is 12.0 Å². The second-order valence-corrected chi connectivity index (χ2v) is 3.81. The summed E-state index contributed by atoms with van der Waals surface area (Å²) < 4.78 is 2.95. The first-order valence-corrected chi connectivity index (χ1v) is 4.78. The molecule has 0 radical (unpaired) electrons. The molecule has 0 saturated heterocycles. The lowest BCUT2D eigenvalue weighted by atomic mass is 10.4. The molecule has 1 atom stereocenters. The van der Waals surface area contributed by atoms with E-state index in [0.717, 1.165) is 15.2 Å². The third-order valence-corrected chi connectivity index (χ3v) is 2.57. The molecular weight excluding hydrogens is 267 g/mol. The van der Waals surface area contributed by atoms with Crippen LogP contribution in [0.5, 0.6) is 0 Å². The molecule has 1 N–H and O–H groups in total. The molecule has 1 aromatic heterocycles. The van der Waals surface area contributed by atoms with Crippen molar-refractivity contribution in [3.63, 3.8) is 0 Å². The second-order valence-electron chi connectivity index (χ2n) is 2.79. The molecule has 1 aromatic rings. The van der Waals surface area contributed by atoms with Gasteiger partial charge in [0.15, 0.2) is 0 Å². The van der Waals surface area contributed by atoms with Gasteiger partial charge >= 0.3 is 0 Å². The highest BCUT2D eigenvalue weighted by molar-refractivity contribution is 14.1. The fraction of sp³-hybridized carbons (Fsp3) is 0.429. The monoisotopic (exact) mass is 276 g/mol. The van der Waals surface area contributed by atoms with Crippen LogP contribution in [0.15, 0.2) is 11.3 Å². The Labute approximate surface area is 84.2 Å². The van der Waals surface area contributed by atoms with E-state index in [1.807, 2.05) is 18.5 Å². The van der Waals surface area contributed by atoms with Gasteiger partial charge in [-0.2, -0.15) is 0 Å². The maximum Gasteiger partial charge on any atom is 0.137 e. The first kappa shape index (κ1) is 8.03. The Morgan fingerprint density at radius 1 is 1.67 bits per heavy atom. The second kappa shape index (κ2) is 2.72. The fourth-order valence-electron chi connectivity index (χ4n) is 1.21. The van der Waals surface area contributed by atoms with Gasteiger partial charge in [0.1, 0.15) is 21.4 Å². The van der Waals surface area contributed by atoms with Crippen LogP contribution in [0.3, 0.4) is 0 Å². The molecule has 0 fully saturated rings. The molecule has 2 rings (SSSR count). The fourth-order valence-corrected chi connectivity index (χ4v) is 2.03. The summed E-state index contributed by atoms with van der Waals surface area (Å²) in [6.45, 7) is 2.02. The summed E-state index contributed by atoms with van der Waals surface area (Å²) >= 11 is 2.21. The highest BCUT2D eigenvalue weighted by Gasteiger charge is 2.19. The van der Waals surface area contributed by atoms with Gasteiger partial charge in [0.05, 0.1) is 6.33 Å². The summed E-state index contributed by atoms with van der Waals surface area (Å²) in [5, 5.41) is 3.25. The molecule has 4 nitrogen and oxygen atoms in total. The average Bonchev–Trinajstić information content (AvgIpc) is 2.33. The van der Waals surface area contributed by atoms with Gasteiger partial charge in [-0.15, -0.1) is 0 Å². The largest absolute Gasteiger partial charge is 0.348 e. The Hall–Kier alpha value is -0.590. The molecule has 0 saturated carbocycles. The number of hydrogen-bond donors (Lipinski definition) is 1. The van der Waals surface area contributed by atoms with Gasteiger partial charge in [0.25, 0.3) is 0 Å². The van der Waals surface area contributed by atoms with Gasteiger partial charge in [-0.1, -0.05) is 0 Å². The molecule has 2 heterocycles. The molecule has 64 valence electrons. The van der Waals surface area contributed by atoms with Gasteiger partial charge in [0.2, 0.25) is 0 Å². The van der Waals surface area contributed by atoms with Crippen molar-refractivity contribution in [3.05, 3.63) is 12.0 Å². The van der Waals surface area contributed by atoms with Gasteiger partial charge in [0, 0.05) is 7.05 Å². The van der Waals surface area contributed by atoms with E-state index < -0.39 is 0 Å². The molecule has 12 heavy (non-hydrogen) atoms. The van der Waals surface area contributed by atoms with E-state index in [1.54, 1.807) is 6.33 Å². The van der Waals surface area contributed by atoms with E-state index in [1.165, 1.54) is 0 Å². The summed E-state index contributed by atoms with van der Waals surface area (Å²) in [6, 6.07) is 0. The topological polar surface area (TPSA) is 42.2 Å². The van der Waals surface area contributed by atoms with Crippen LogP contribution < -0.4 is 5.32 Å². The van der Waals surface area contributed by atoms with Crippen LogP contribution in [-0.4, -0.2) is 19.4 Å². The Morgan fingerprint density at radius 3 is 3.17 bits per heavy atom. The van der Waals surface area contributed by atoms with Crippen molar-refractivity contribution >= 4 is 32.1 Å².